The summed E-state index contributed by atoms with van der Waals surface area (Å²) in [6.07, 6.45) is -3.26. The van der Waals surface area contributed by atoms with Crippen LogP contribution < -0.4 is 10.5 Å². The Labute approximate surface area is 232 Å². The Kier molecular flexibility index (Phi) is 9.86. The highest BCUT2D eigenvalue weighted by Crippen LogP contribution is 2.36. The number of halogens is 4. The van der Waals surface area contributed by atoms with Crippen LogP contribution in [-0.2, 0) is 34.6 Å². The van der Waals surface area contributed by atoms with Crippen molar-refractivity contribution < 1.29 is 35.8 Å². The molecule has 0 spiro atoms. The van der Waals surface area contributed by atoms with E-state index in [1.54, 1.807) is 6.07 Å². The number of para-hydroxylation sites is 1. The van der Waals surface area contributed by atoms with E-state index >= 15 is 0 Å². The minimum Gasteiger partial charge on any atom is -0.493 e. The molecule has 0 unspecified atom stereocenters. The molecule has 0 saturated carbocycles. The number of benzene rings is 3. The minimum absolute atomic E-state index is 0.00610. The molecule has 0 heterocycles. The maximum Gasteiger partial charge on any atom is 0.418 e. The molecule has 3 rings (SSSR count). The van der Waals surface area contributed by atoms with Crippen molar-refractivity contribution in [3.8, 4) is 5.75 Å². The van der Waals surface area contributed by atoms with Crippen LogP contribution in [0.15, 0.2) is 65.6 Å². The lowest BCUT2D eigenvalue weighted by molar-refractivity contribution is -0.137. The average molecular weight is 583 g/mol. The van der Waals surface area contributed by atoms with Crippen LogP contribution in [0.25, 0.3) is 0 Å². The maximum absolute atomic E-state index is 14.4. The minimum atomic E-state index is -4.58. The fourth-order valence-corrected chi connectivity index (χ4v) is 5.57. The van der Waals surface area contributed by atoms with Crippen molar-refractivity contribution >= 4 is 15.5 Å². The molecule has 0 atom stereocenters. The van der Waals surface area contributed by atoms with Crippen molar-refractivity contribution in [3.63, 3.8) is 0 Å². The standard InChI is InChI=1S/C29H34F4N2O4S/c1-28(2,21-10-5-4-6-11-21)19-35(17-20-9-7-12-24(27(20)34)29(31,32)33)13-8-14-39-22-15-25(30)23(18-36)26(16-22)40(3,37)38/h4-7,9-12,15-16,36H,8,13-14,17-19,34H2,1-3H3. The molecule has 218 valence electrons. The van der Waals surface area contributed by atoms with Crippen molar-refractivity contribution in [2.75, 3.05) is 31.7 Å². The van der Waals surface area contributed by atoms with Crippen LogP contribution >= 0.6 is 0 Å². The molecule has 0 aliphatic rings. The second-order valence-electron chi connectivity index (χ2n) is 10.4. The third-order valence-electron chi connectivity index (χ3n) is 6.64. The molecule has 0 aromatic heterocycles. The van der Waals surface area contributed by atoms with Gasteiger partial charge in [-0.1, -0.05) is 56.3 Å². The Bertz CT molecular complexity index is 1410. The third kappa shape index (κ3) is 7.96. The van der Waals surface area contributed by atoms with Crippen molar-refractivity contribution in [2.24, 2.45) is 0 Å². The van der Waals surface area contributed by atoms with Gasteiger partial charge in [0, 0.05) is 48.6 Å². The van der Waals surface area contributed by atoms with Crippen LogP contribution in [0.5, 0.6) is 5.75 Å². The first-order valence-electron chi connectivity index (χ1n) is 12.6. The molecule has 0 aliphatic heterocycles. The van der Waals surface area contributed by atoms with E-state index in [0.717, 1.165) is 24.0 Å². The summed E-state index contributed by atoms with van der Waals surface area (Å²) in [5, 5.41) is 9.38. The Morgan fingerprint density at radius 2 is 1.70 bits per heavy atom. The van der Waals surface area contributed by atoms with E-state index in [1.165, 1.54) is 12.1 Å². The van der Waals surface area contributed by atoms with Gasteiger partial charge in [0.05, 0.1) is 23.7 Å². The van der Waals surface area contributed by atoms with Gasteiger partial charge in [0.2, 0.25) is 0 Å². The summed E-state index contributed by atoms with van der Waals surface area (Å²) < 4.78 is 84.5. The summed E-state index contributed by atoms with van der Waals surface area (Å²) in [6.45, 7) is 4.44. The van der Waals surface area contributed by atoms with Gasteiger partial charge in [-0.3, -0.25) is 4.90 Å². The number of nitrogen functional groups attached to an aromatic ring is 1. The molecule has 0 bridgehead atoms. The molecule has 40 heavy (non-hydrogen) atoms. The van der Waals surface area contributed by atoms with Crippen molar-refractivity contribution in [3.05, 3.63) is 88.7 Å². The number of anilines is 1. The summed E-state index contributed by atoms with van der Waals surface area (Å²) in [4.78, 5) is 1.64. The first-order valence-corrected chi connectivity index (χ1v) is 14.5. The van der Waals surface area contributed by atoms with Crippen molar-refractivity contribution in [2.45, 2.75) is 49.9 Å². The summed E-state index contributed by atoms with van der Waals surface area (Å²) in [6, 6.07) is 15.8. The SMILES string of the molecule is CC(C)(CN(CCCOc1cc(F)c(CO)c(S(C)(=O)=O)c1)Cc1cccc(C(F)(F)F)c1N)c1ccccc1. The Balaban J connectivity index is 1.79. The van der Waals surface area contributed by atoms with Gasteiger partial charge in [-0.15, -0.1) is 0 Å². The quantitative estimate of drug-likeness (QED) is 0.165. The number of sulfone groups is 1. The predicted octanol–water partition coefficient (Wildman–Crippen LogP) is 5.57. The molecule has 3 N–H and O–H groups in total. The molecule has 0 fully saturated rings. The monoisotopic (exact) mass is 582 g/mol. The highest BCUT2D eigenvalue weighted by Gasteiger charge is 2.34. The van der Waals surface area contributed by atoms with E-state index in [9.17, 15) is 31.1 Å². The highest BCUT2D eigenvalue weighted by atomic mass is 32.2. The van der Waals surface area contributed by atoms with Crippen LogP contribution in [0.2, 0.25) is 0 Å². The topological polar surface area (TPSA) is 92.9 Å². The van der Waals surface area contributed by atoms with Gasteiger partial charge in [-0.05, 0) is 29.7 Å². The number of nitrogens with zero attached hydrogens (tertiary/aromatic N) is 1. The number of nitrogens with two attached hydrogens (primary N) is 1. The number of aliphatic hydroxyl groups excluding tert-OH is 1. The summed E-state index contributed by atoms with van der Waals surface area (Å²) in [5.41, 5.74) is 5.45. The van der Waals surface area contributed by atoms with E-state index < -0.39 is 34.0 Å². The van der Waals surface area contributed by atoms with Crippen LogP contribution in [-0.4, -0.2) is 44.4 Å². The fourth-order valence-electron chi connectivity index (χ4n) is 4.63. The lowest BCUT2D eigenvalue weighted by Gasteiger charge is -2.34. The van der Waals surface area contributed by atoms with E-state index in [4.69, 9.17) is 10.5 Å². The fraction of sp³-hybridized carbons (Fsp3) is 0.379. The number of hydrogen-bond acceptors (Lipinski definition) is 6. The van der Waals surface area contributed by atoms with Gasteiger partial charge in [0.15, 0.2) is 9.84 Å². The van der Waals surface area contributed by atoms with Gasteiger partial charge >= 0.3 is 6.18 Å². The first-order chi connectivity index (χ1) is 18.6. The van der Waals surface area contributed by atoms with E-state index in [-0.39, 0.29) is 40.5 Å². The van der Waals surface area contributed by atoms with Gasteiger partial charge in [0.1, 0.15) is 11.6 Å². The van der Waals surface area contributed by atoms with Crippen molar-refractivity contribution in [1.82, 2.24) is 4.90 Å². The Morgan fingerprint density at radius 3 is 2.30 bits per heavy atom. The molecule has 6 nitrogen and oxygen atoms in total. The highest BCUT2D eigenvalue weighted by molar-refractivity contribution is 7.90. The molecule has 3 aromatic carbocycles. The third-order valence-corrected chi connectivity index (χ3v) is 7.81. The summed E-state index contributed by atoms with van der Waals surface area (Å²) in [7, 11) is -3.81. The van der Waals surface area contributed by atoms with Gasteiger partial charge in [-0.2, -0.15) is 13.2 Å². The van der Waals surface area contributed by atoms with Crippen LogP contribution in [0.4, 0.5) is 23.2 Å². The predicted molar refractivity (Wildman–Crippen MR) is 146 cm³/mol. The number of ether oxygens (including phenoxy) is 1. The zero-order chi connectivity index (χ0) is 29.7. The van der Waals surface area contributed by atoms with E-state index in [2.05, 4.69) is 0 Å². The maximum atomic E-state index is 14.4. The molecule has 0 radical (unpaired) electrons. The zero-order valence-electron chi connectivity index (χ0n) is 22.6. The molecular weight excluding hydrogens is 548 g/mol. The van der Waals surface area contributed by atoms with Crippen LogP contribution in [0.3, 0.4) is 0 Å². The molecule has 3 aromatic rings. The molecule has 0 saturated heterocycles. The first kappa shape index (κ1) is 31.4. The van der Waals surface area contributed by atoms with Gasteiger partial charge in [-0.25, -0.2) is 12.8 Å². The number of aliphatic hydroxyl groups is 1. The smallest absolute Gasteiger partial charge is 0.418 e. The number of rotatable bonds is 12. The van der Waals surface area contributed by atoms with E-state index in [0.29, 0.717) is 25.1 Å². The molecule has 11 heteroatoms. The van der Waals surface area contributed by atoms with Crippen LogP contribution in [0, 0.1) is 5.82 Å². The summed E-state index contributed by atoms with van der Waals surface area (Å²) >= 11 is 0. The Morgan fingerprint density at radius 1 is 1.02 bits per heavy atom. The average Bonchev–Trinajstić information content (AvgIpc) is 2.86. The zero-order valence-corrected chi connectivity index (χ0v) is 23.4. The normalized spacial score (nSPS) is 12.6. The van der Waals surface area contributed by atoms with E-state index in [1.807, 2.05) is 49.1 Å². The summed E-state index contributed by atoms with van der Waals surface area (Å²) in [5.74, 6) is -0.903. The number of hydrogen-bond donors (Lipinski definition) is 2. The second kappa shape index (κ2) is 12.6. The lowest BCUT2D eigenvalue weighted by Crippen LogP contribution is -2.38. The largest absolute Gasteiger partial charge is 0.493 e. The molecule has 0 aliphatic carbocycles. The molecular formula is C29H34F4N2O4S. The number of alkyl halides is 3. The second-order valence-corrected chi connectivity index (χ2v) is 12.3. The Hall–Kier alpha value is -3.15. The van der Waals surface area contributed by atoms with Gasteiger partial charge < -0.3 is 15.6 Å². The van der Waals surface area contributed by atoms with Crippen molar-refractivity contribution in [1.29, 1.82) is 0 Å². The lowest BCUT2D eigenvalue weighted by atomic mass is 9.84. The van der Waals surface area contributed by atoms with Crippen LogP contribution in [0.1, 0.15) is 42.5 Å². The molecule has 0 amide bonds. The van der Waals surface area contributed by atoms with Gasteiger partial charge in [0.25, 0.3) is 0 Å².